The number of nitrogens with one attached hydrogen (secondary N) is 1. The normalized spacial score (nSPS) is 15.5. The van der Waals surface area contributed by atoms with Gasteiger partial charge in [-0.1, -0.05) is 42.8 Å². The Balaban J connectivity index is 1.67. The van der Waals surface area contributed by atoms with Gasteiger partial charge in [0.25, 0.3) is 11.1 Å². The SMILES string of the molecule is CCc1ccc(/C=C2\SC(=O)N(CC(=O)Nc3ccc(Cl)cc3)C2=O)cc1. The second kappa shape index (κ2) is 8.41. The van der Waals surface area contributed by atoms with Crippen molar-refractivity contribution in [1.29, 1.82) is 0 Å². The summed E-state index contributed by atoms with van der Waals surface area (Å²) in [6.07, 6.45) is 2.60. The quantitative estimate of drug-likeness (QED) is 0.746. The number of hydrogen-bond acceptors (Lipinski definition) is 4. The van der Waals surface area contributed by atoms with Crippen molar-refractivity contribution >= 4 is 52.2 Å². The number of rotatable bonds is 5. The average Bonchev–Trinajstić information content (AvgIpc) is 2.91. The molecular formula is C20H17ClN2O3S. The molecule has 138 valence electrons. The van der Waals surface area contributed by atoms with Gasteiger partial charge < -0.3 is 5.32 Å². The Morgan fingerprint density at radius 1 is 1.11 bits per heavy atom. The standard InChI is InChI=1S/C20H17ClN2O3S/c1-2-13-3-5-14(6-4-13)11-17-19(25)23(20(26)27-17)12-18(24)22-16-9-7-15(21)8-10-16/h3-11H,2,12H2,1H3,(H,22,24)/b17-11-. The molecule has 1 saturated heterocycles. The van der Waals surface area contributed by atoms with Crippen molar-refractivity contribution in [3.8, 4) is 0 Å². The largest absolute Gasteiger partial charge is 0.325 e. The molecule has 3 rings (SSSR count). The second-order valence-corrected chi connectivity index (χ2v) is 7.35. The lowest BCUT2D eigenvalue weighted by Crippen LogP contribution is -2.36. The number of amides is 3. The van der Waals surface area contributed by atoms with Crippen molar-refractivity contribution in [1.82, 2.24) is 4.90 Å². The first kappa shape index (κ1) is 19.2. The first-order valence-electron chi connectivity index (χ1n) is 8.36. The van der Waals surface area contributed by atoms with E-state index >= 15 is 0 Å². The van der Waals surface area contributed by atoms with Gasteiger partial charge in [0.05, 0.1) is 4.91 Å². The summed E-state index contributed by atoms with van der Waals surface area (Å²) in [5.74, 6) is -0.913. The summed E-state index contributed by atoms with van der Waals surface area (Å²) in [4.78, 5) is 38.1. The van der Waals surface area contributed by atoms with E-state index in [1.807, 2.05) is 24.3 Å². The summed E-state index contributed by atoms with van der Waals surface area (Å²) < 4.78 is 0. The smallest absolute Gasteiger partial charge is 0.294 e. The molecule has 0 unspecified atom stereocenters. The van der Waals surface area contributed by atoms with Crippen molar-refractivity contribution < 1.29 is 14.4 Å². The number of carbonyl (C=O) groups is 3. The second-order valence-electron chi connectivity index (χ2n) is 5.92. The maximum absolute atomic E-state index is 12.5. The Kier molecular flexibility index (Phi) is 5.98. The van der Waals surface area contributed by atoms with Gasteiger partial charge in [0.2, 0.25) is 5.91 Å². The van der Waals surface area contributed by atoms with Gasteiger partial charge in [0.1, 0.15) is 6.54 Å². The first-order chi connectivity index (χ1) is 13.0. The van der Waals surface area contributed by atoms with Gasteiger partial charge in [-0.2, -0.15) is 0 Å². The number of carbonyl (C=O) groups excluding carboxylic acids is 3. The Bertz CT molecular complexity index is 908. The Morgan fingerprint density at radius 3 is 2.41 bits per heavy atom. The summed E-state index contributed by atoms with van der Waals surface area (Å²) in [6, 6.07) is 14.3. The molecule has 1 fully saturated rings. The number of benzene rings is 2. The Morgan fingerprint density at radius 2 is 1.78 bits per heavy atom. The van der Waals surface area contributed by atoms with Crippen LogP contribution in [0.25, 0.3) is 6.08 Å². The fraction of sp³-hybridized carbons (Fsp3) is 0.150. The Hall–Kier alpha value is -2.57. The molecule has 0 saturated carbocycles. The van der Waals surface area contributed by atoms with Gasteiger partial charge in [-0.05, 0) is 59.7 Å². The van der Waals surface area contributed by atoms with Gasteiger partial charge in [-0.25, -0.2) is 0 Å². The van der Waals surface area contributed by atoms with E-state index < -0.39 is 17.1 Å². The zero-order valence-electron chi connectivity index (χ0n) is 14.6. The van der Waals surface area contributed by atoms with E-state index in [0.717, 1.165) is 28.6 Å². The number of halogens is 1. The van der Waals surface area contributed by atoms with Crippen LogP contribution in [0.2, 0.25) is 5.02 Å². The summed E-state index contributed by atoms with van der Waals surface area (Å²) in [5.41, 5.74) is 2.57. The van der Waals surface area contributed by atoms with Gasteiger partial charge in [-0.15, -0.1) is 0 Å². The predicted octanol–water partition coefficient (Wildman–Crippen LogP) is 4.58. The molecule has 27 heavy (non-hydrogen) atoms. The molecule has 5 nitrogen and oxygen atoms in total. The molecule has 0 radical (unpaired) electrons. The van der Waals surface area contributed by atoms with Crippen LogP contribution in [0.3, 0.4) is 0 Å². The third-order valence-corrected chi connectivity index (χ3v) is 5.15. The number of hydrogen-bond donors (Lipinski definition) is 1. The van der Waals surface area contributed by atoms with Gasteiger partial charge >= 0.3 is 0 Å². The summed E-state index contributed by atoms with van der Waals surface area (Å²) in [7, 11) is 0. The highest BCUT2D eigenvalue weighted by Crippen LogP contribution is 2.32. The van der Waals surface area contributed by atoms with Gasteiger partial charge in [-0.3, -0.25) is 19.3 Å². The molecule has 1 N–H and O–H groups in total. The molecule has 0 aromatic heterocycles. The number of thioether (sulfide) groups is 1. The van der Waals surface area contributed by atoms with Crippen molar-refractivity contribution in [2.45, 2.75) is 13.3 Å². The third kappa shape index (κ3) is 4.78. The summed E-state index contributed by atoms with van der Waals surface area (Å²) >= 11 is 6.64. The molecule has 3 amide bonds. The highest BCUT2D eigenvalue weighted by atomic mass is 35.5. The molecule has 2 aromatic carbocycles. The minimum absolute atomic E-state index is 0.309. The van der Waals surface area contributed by atoms with Gasteiger partial charge in [0.15, 0.2) is 0 Å². The van der Waals surface area contributed by atoms with E-state index in [-0.39, 0.29) is 6.54 Å². The number of aryl methyl sites for hydroxylation is 1. The van der Waals surface area contributed by atoms with Crippen LogP contribution in [0.5, 0.6) is 0 Å². The van der Waals surface area contributed by atoms with E-state index in [1.165, 1.54) is 5.56 Å². The lowest BCUT2D eigenvalue weighted by molar-refractivity contribution is -0.127. The average molecular weight is 401 g/mol. The molecular weight excluding hydrogens is 384 g/mol. The van der Waals surface area contributed by atoms with Crippen LogP contribution in [0.15, 0.2) is 53.4 Å². The molecule has 2 aromatic rings. The highest BCUT2D eigenvalue weighted by molar-refractivity contribution is 8.18. The Labute approximate surface area is 166 Å². The van der Waals surface area contributed by atoms with Gasteiger partial charge in [0, 0.05) is 10.7 Å². The number of imide groups is 1. The maximum atomic E-state index is 12.5. The molecule has 1 heterocycles. The van der Waals surface area contributed by atoms with E-state index in [4.69, 9.17) is 11.6 Å². The van der Waals surface area contributed by atoms with Crippen LogP contribution in [0.1, 0.15) is 18.1 Å². The lowest BCUT2D eigenvalue weighted by Gasteiger charge is -2.12. The maximum Gasteiger partial charge on any atom is 0.294 e. The predicted molar refractivity (Wildman–Crippen MR) is 109 cm³/mol. The van der Waals surface area contributed by atoms with Crippen LogP contribution in [-0.4, -0.2) is 28.5 Å². The lowest BCUT2D eigenvalue weighted by atomic mass is 10.1. The van der Waals surface area contributed by atoms with Crippen LogP contribution in [0.4, 0.5) is 10.5 Å². The number of anilines is 1. The fourth-order valence-corrected chi connectivity index (χ4v) is 3.48. The molecule has 0 aliphatic carbocycles. The highest BCUT2D eigenvalue weighted by Gasteiger charge is 2.36. The van der Waals surface area contributed by atoms with Crippen LogP contribution >= 0.6 is 23.4 Å². The van der Waals surface area contributed by atoms with Crippen molar-refractivity contribution in [2.75, 3.05) is 11.9 Å². The molecule has 0 bridgehead atoms. The van der Waals surface area contributed by atoms with Crippen molar-refractivity contribution in [3.05, 3.63) is 69.6 Å². The molecule has 1 aliphatic heterocycles. The van der Waals surface area contributed by atoms with Crippen LogP contribution < -0.4 is 5.32 Å². The zero-order chi connectivity index (χ0) is 19.4. The molecule has 1 aliphatic rings. The minimum atomic E-state index is -0.462. The summed E-state index contributed by atoms with van der Waals surface area (Å²) in [6.45, 7) is 1.73. The monoisotopic (exact) mass is 400 g/mol. The van der Waals surface area contributed by atoms with E-state index in [1.54, 1.807) is 30.3 Å². The minimum Gasteiger partial charge on any atom is -0.325 e. The van der Waals surface area contributed by atoms with Crippen molar-refractivity contribution in [2.24, 2.45) is 0 Å². The van der Waals surface area contributed by atoms with Crippen LogP contribution in [-0.2, 0) is 16.0 Å². The van der Waals surface area contributed by atoms with Crippen molar-refractivity contribution in [3.63, 3.8) is 0 Å². The molecule has 7 heteroatoms. The molecule has 0 atom stereocenters. The number of nitrogens with zero attached hydrogens (tertiary/aromatic N) is 1. The summed E-state index contributed by atoms with van der Waals surface area (Å²) in [5, 5.41) is 2.74. The third-order valence-electron chi connectivity index (χ3n) is 3.99. The first-order valence-corrected chi connectivity index (χ1v) is 9.55. The topological polar surface area (TPSA) is 66.5 Å². The zero-order valence-corrected chi connectivity index (χ0v) is 16.1. The van der Waals surface area contributed by atoms with Crippen LogP contribution in [0, 0.1) is 0 Å². The fourth-order valence-electron chi connectivity index (χ4n) is 2.51. The van der Waals surface area contributed by atoms with E-state index in [0.29, 0.717) is 15.6 Å². The molecule has 0 spiro atoms. The van der Waals surface area contributed by atoms with E-state index in [2.05, 4.69) is 12.2 Å². The van der Waals surface area contributed by atoms with E-state index in [9.17, 15) is 14.4 Å².